The van der Waals surface area contributed by atoms with Gasteiger partial charge in [-0.2, -0.15) is 0 Å². The fourth-order valence-electron chi connectivity index (χ4n) is 2.17. The summed E-state index contributed by atoms with van der Waals surface area (Å²) in [4.78, 5) is 23.5. The minimum atomic E-state index is -0.623. The number of alkyl carbamates (subject to hydrolysis) is 1. The van der Waals surface area contributed by atoms with Gasteiger partial charge in [0.2, 0.25) is 5.91 Å². The van der Waals surface area contributed by atoms with Crippen LogP contribution in [0, 0.1) is 0 Å². The SMILES string of the molecule is N[C@@H](CCCNC(=O)OCc1ccccc1)C(=O)Nc1ccccc1. The van der Waals surface area contributed by atoms with Crippen LogP contribution in [0.5, 0.6) is 0 Å². The summed E-state index contributed by atoms with van der Waals surface area (Å²) >= 11 is 0. The van der Waals surface area contributed by atoms with E-state index in [0.29, 0.717) is 25.1 Å². The number of hydrogen-bond acceptors (Lipinski definition) is 4. The van der Waals surface area contributed by atoms with Gasteiger partial charge in [0.1, 0.15) is 6.61 Å². The van der Waals surface area contributed by atoms with Crippen LogP contribution in [0.25, 0.3) is 0 Å². The van der Waals surface area contributed by atoms with Crippen LogP contribution >= 0.6 is 0 Å². The predicted molar refractivity (Wildman–Crippen MR) is 96.9 cm³/mol. The standard InChI is InChI=1S/C19H23N3O3/c20-17(18(23)22-16-10-5-2-6-11-16)12-7-13-21-19(24)25-14-15-8-3-1-4-9-15/h1-6,8-11,17H,7,12-14,20H2,(H,21,24)(H,22,23)/t17-/m0/s1. The highest BCUT2D eigenvalue weighted by Gasteiger charge is 2.13. The number of hydrogen-bond donors (Lipinski definition) is 3. The molecule has 2 aromatic carbocycles. The lowest BCUT2D eigenvalue weighted by atomic mass is 10.1. The molecule has 2 rings (SSSR count). The normalized spacial score (nSPS) is 11.4. The molecule has 0 heterocycles. The van der Waals surface area contributed by atoms with E-state index < -0.39 is 12.1 Å². The van der Waals surface area contributed by atoms with Crippen LogP contribution in [0.1, 0.15) is 18.4 Å². The van der Waals surface area contributed by atoms with Crippen LogP contribution in [0.4, 0.5) is 10.5 Å². The van der Waals surface area contributed by atoms with Crippen molar-refractivity contribution in [1.29, 1.82) is 0 Å². The molecular weight excluding hydrogens is 318 g/mol. The Kier molecular flexibility index (Phi) is 7.46. The second-order valence-electron chi connectivity index (χ2n) is 5.59. The summed E-state index contributed by atoms with van der Waals surface area (Å²) in [6.45, 7) is 0.631. The first-order chi connectivity index (χ1) is 12.1. The Morgan fingerprint density at radius 2 is 1.64 bits per heavy atom. The van der Waals surface area contributed by atoms with Crippen molar-refractivity contribution in [3.63, 3.8) is 0 Å². The molecule has 25 heavy (non-hydrogen) atoms. The minimum absolute atomic E-state index is 0.228. The first-order valence-corrected chi connectivity index (χ1v) is 8.21. The highest BCUT2D eigenvalue weighted by Crippen LogP contribution is 2.06. The summed E-state index contributed by atoms with van der Waals surface area (Å²) < 4.78 is 5.10. The molecule has 0 radical (unpaired) electrons. The van der Waals surface area contributed by atoms with E-state index in [1.165, 1.54) is 0 Å². The molecule has 2 aromatic rings. The van der Waals surface area contributed by atoms with Crippen LogP contribution in [0.2, 0.25) is 0 Å². The molecule has 0 spiro atoms. The number of anilines is 1. The molecule has 0 saturated heterocycles. The summed E-state index contributed by atoms with van der Waals surface area (Å²) in [6, 6.07) is 18.0. The number of carbonyl (C=O) groups excluding carboxylic acids is 2. The number of nitrogens with one attached hydrogen (secondary N) is 2. The first kappa shape index (κ1) is 18.5. The average molecular weight is 341 g/mol. The van der Waals surface area contributed by atoms with Gasteiger partial charge in [0, 0.05) is 12.2 Å². The first-order valence-electron chi connectivity index (χ1n) is 8.21. The van der Waals surface area contributed by atoms with Crippen molar-refractivity contribution in [3.8, 4) is 0 Å². The van der Waals surface area contributed by atoms with Gasteiger partial charge in [-0.3, -0.25) is 4.79 Å². The summed E-state index contributed by atoms with van der Waals surface area (Å²) in [5.74, 6) is -0.238. The predicted octanol–water partition coefficient (Wildman–Crippen LogP) is 2.66. The van der Waals surface area contributed by atoms with Crippen molar-refractivity contribution in [2.75, 3.05) is 11.9 Å². The topological polar surface area (TPSA) is 93.4 Å². The number of benzene rings is 2. The van der Waals surface area contributed by atoms with Crippen LogP contribution < -0.4 is 16.4 Å². The zero-order valence-electron chi connectivity index (χ0n) is 14.0. The monoisotopic (exact) mass is 341 g/mol. The maximum absolute atomic E-state index is 12.0. The summed E-state index contributed by atoms with van der Waals surface area (Å²) in [5.41, 5.74) is 7.50. The highest BCUT2D eigenvalue weighted by molar-refractivity contribution is 5.94. The number of para-hydroxylation sites is 1. The zero-order chi connectivity index (χ0) is 17.9. The molecule has 0 aromatic heterocycles. The second kappa shape index (κ2) is 10.1. The molecule has 2 amide bonds. The van der Waals surface area contributed by atoms with Crippen molar-refractivity contribution >= 4 is 17.7 Å². The molecule has 0 fully saturated rings. The van der Waals surface area contributed by atoms with Crippen LogP contribution in [-0.2, 0) is 16.1 Å². The molecule has 6 heteroatoms. The molecule has 0 aliphatic heterocycles. The maximum Gasteiger partial charge on any atom is 0.407 e. The Labute approximate surface area is 147 Å². The summed E-state index contributed by atoms with van der Waals surface area (Å²) in [6.07, 6.45) is 0.577. The van der Waals surface area contributed by atoms with E-state index >= 15 is 0 Å². The van der Waals surface area contributed by atoms with Crippen molar-refractivity contribution in [1.82, 2.24) is 5.32 Å². The number of nitrogens with two attached hydrogens (primary N) is 1. The van der Waals surface area contributed by atoms with Crippen molar-refractivity contribution in [2.24, 2.45) is 5.73 Å². The maximum atomic E-state index is 12.0. The van der Waals surface area contributed by atoms with E-state index in [1.54, 1.807) is 12.1 Å². The molecule has 6 nitrogen and oxygen atoms in total. The lowest BCUT2D eigenvalue weighted by molar-refractivity contribution is -0.117. The zero-order valence-corrected chi connectivity index (χ0v) is 14.0. The van der Waals surface area contributed by atoms with E-state index in [1.807, 2.05) is 48.5 Å². The number of rotatable bonds is 8. The Morgan fingerprint density at radius 1 is 1.00 bits per heavy atom. The smallest absolute Gasteiger partial charge is 0.407 e. The highest BCUT2D eigenvalue weighted by atomic mass is 16.5. The van der Waals surface area contributed by atoms with Crippen LogP contribution in [-0.4, -0.2) is 24.6 Å². The van der Waals surface area contributed by atoms with E-state index in [-0.39, 0.29) is 12.5 Å². The van der Waals surface area contributed by atoms with Crippen molar-refractivity contribution < 1.29 is 14.3 Å². The average Bonchev–Trinajstić information content (AvgIpc) is 2.65. The Hall–Kier alpha value is -2.86. The summed E-state index contributed by atoms with van der Waals surface area (Å²) in [7, 11) is 0. The Bertz CT molecular complexity index is 662. The Balaban J connectivity index is 1.58. The number of amides is 2. The molecule has 0 bridgehead atoms. The molecule has 1 atom stereocenters. The van der Waals surface area contributed by atoms with Gasteiger partial charge in [0.25, 0.3) is 0 Å². The lowest BCUT2D eigenvalue weighted by Crippen LogP contribution is -2.36. The van der Waals surface area contributed by atoms with Crippen molar-refractivity contribution in [3.05, 3.63) is 66.2 Å². The van der Waals surface area contributed by atoms with Crippen LogP contribution in [0.3, 0.4) is 0 Å². The third-order valence-corrected chi connectivity index (χ3v) is 3.55. The molecule has 0 unspecified atom stereocenters. The van der Waals surface area contributed by atoms with Gasteiger partial charge >= 0.3 is 6.09 Å². The van der Waals surface area contributed by atoms with E-state index in [9.17, 15) is 9.59 Å². The summed E-state index contributed by atoms with van der Waals surface area (Å²) in [5, 5.41) is 5.40. The minimum Gasteiger partial charge on any atom is -0.445 e. The lowest BCUT2D eigenvalue weighted by Gasteiger charge is -2.12. The van der Waals surface area contributed by atoms with Gasteiger partial charge in [-0.1, -0.05) is 48.5 Å². The van der Waals surface area contributed by atoms with Crippen LogP contribution in [0.15, 0.2) is 60.7 Å². The quantitative estimate of drug-likeness (QED) is 0.644. The van der Waals surface area contributed by atoms with E-state index in [2.05, 4.69) is 10.6 Å². The molecule has 0 aliphatic carbocycles. The fourth-order valence-corrected chi connectivity index (χ4v) is 2.17. The largest absolute Gasteiger partial charge is 0.445 e. The van der Waals surface area contributed by atoms with Gasteiger partial charge in [0.05, 0.1) is 6.04 Å². The van der Waals surface area contributed by atoms with Gasteiger partial charge in [-0.25, -0.2) is 4.79 Å². The number of carbonyl (C=O) groups is 2. The fraction of sp³-hybridized carbons (Fsp3) is 0.263. The van der Waals surface area contributed by atoms with Gasteiger partial charge in [-0.15, -0.1) is 0 Å². The van der Waals surface area contributed by atoms with E-state index in [4.69, 9.17) is 10.5 Å². The number of ether oxygens (including phenoxy) is 1. The van der Waals surface area contributed by atoms with Gasteiger partial charge < -0.3 is 21.1 Å². The second-order valence-corrected chi connectivity index (χ2v) is 5.59. The third-order valence-electron chi connectivity index (χ3n) is 3.55. The molecule has 0 saturated carbocycles. The van der Waals surface area contributed by atoms with Crippen molar-refractivity contribution in [2.45, 2.75) is 25.5 Å². The molecule has 132 valence electrons. The van der Waals surface area contributed by atoms with E-state index in [0.717, 1.165) is 5.56 Å². The molecule has 4 N–H and O–H groups in total. The molecule has 0 aliphatic rings. The van der Waals surface area contributed by atoms with Gasteiger partial charge in [0.15, 0.2) is 0 Å². The third kappa shape index (κ3) is 7.05. The Morgan fingerprint density at radius 3 is 2.32 bits per heavy atom. The van der Waals surface area contributed by atoms with Gasteiger partial charge in [-0.05, 0) is 30.5 Å². The molecular formula is C19H23N3O3.